The summed E-state index contributed by atoms with van der Waals surface area (Å²) in [4.78, 5) is 0. The molecule has 0 amide bonds. The molecule has 0 aromatic heterocycles. The Labute approximate surface area is 158 Å². The van der Waals surface area contributed by atoms with E-state index in [4.69, 9.17) is 11.6 Å². The summed E-state index contributed by atoms with van der Waals surface area (Å²) in [5.74, 6) is -0.264. The summed E-state index contributed by atoms with van der Waals surface area (Å²) in [6.07, 6.45) is 2.64. The topological polar surface area (TPSA) is 83.6 Å². The number of aryl methyl sites for hydroxylation is 1. The fraction of sp³-hybridized carbons (Fsp3) is 0.294. The van der Waals surface area contributed by atoms with Crippen LogP contribution >= 0.6 is 11.6 Å². The molecule has 0 spiro atoms. The first-order chi connectivity index (χ1) is 12.2. The van der Waals surface area contributed by atoms with Crippen molar-refractivity contribution in [1.29, 1.82) is 0 Å². The van der Waals surface area contributed by atoms with Gasteiger partial charge in [0.15, 0.2) is 0 Å². The maximum atomic E-state index is 12.5. The second kappa shape index (κ2) is 7.09. The van der Waals surface area contributed by atoms with E-state index in [1.54, 1.807) is 42.5 Å². The molecule has 1 aliphatic rings. The number of hydrogen-bond donors (Lipinski definition) is 1. The Bertz CT molecular complexity index is 1040. The highest BCUT2D eigenvalue weighted by Crippen LogP contribution is 2.32. The number of nitrogens with one attached hydrogen (secondary N) is 1. The molecule has 6 nitrogen and oxygen atoms in total. The van der Waals surface area contributed by atoms with Crippen molar-refractivity contribution in [3.8, 4) is 0 Å². The number of benzene rings is 2. The van der Waals surface area contributed by atoms with Gasteiger partial charge >= 0.3 is 0 Å². The molecule has 140 valence electrons. The van der Waals surface area contributed by atoms with Crippen LogP contribution in [0.25, 0.3) is 0 Å². The van der Waals surface area contributed by atoms with Crippen LogP contribution in [0.3, 0.4) is 0 Å². The highest BCUT2D eigenvalue weighted by molar-refractivity contribution is 7.92. The Balaban J connectivity index is 1.88. The maximum Gasteiger partial charge on any atom is 0.236 e. The van der Waals surface area contributed by atoms with Crippen LogP contribution in [-0.4, -0.2) is 29.6 Å². The second-order valence-corrected chi connectivity index (χ2v) is 10.3. The molecule has 0 aliphatic carbocycles. The van der Waals surface area contributed by atoms with E-state index in [2.05, 4.69) is 4.72 Å². The van der Waals surface area contributed by atoms with E-state index in [0.717, 1.165) is 24.7 Å². The van der Waals surface area contributed by atoms with Crippen LogP contribution in [0.15, 0.2) is 42.5 Å². The Morgan fingerprint density at radius 2 is 1.85 bits per heavy atom. The van der Waals surface area contributed by atoms with E-state index in [-0.39, 0.29) is 5.75 Å². The summed E-state index contributed by atoms with van der Waals surface area (Å²) >= 11 is 6.03. The van der Waals surface area contributed by atoms with Gasteiger partial charge in [-0.15, -0.1) is 0 Å². The third kappa shape index (κ3) is 4.31. The summed E-state index contributed by atoms with van der Waals surface area (Å²) < 4.78 is 52.8. The number of fused-ring (bicyclic) bond motifs is 1. The van der Waals surface area contributed by atoms with E-state index in [1.807, 2.05) is 0 Å². The number of rotatable bonds is 5. The molecule has 0 unspecified atom stereocenters. The third-order valence-corrected chi connectivity index (χ3v) is 6.92. The average molecular weight is 415 g/mol. The maximum absolute atomic E-state index is 12.5. The van der Waals surface area contributed by atoms with E-state index in [9.17, 15) is 16.8 Å². The van der Waals surface area contributed by atoms with Gasteiger partial charge in [-0.25, -0.2) is 16.8 Å². The lowest BCUT2D eigenvalue weighted by molar-refractivity contribution is 0.592. The molecule has 26 heavy (non-hydrogen) atoms. The summed E-state index contributed by atoms with van der Waals surface area (Å²) in [6.45, 7) is 0.391. The van der Waals surface area contributed by atoms with Crippen LogP contribution in [0.4, 0.5) is 11.4 Å². The lowest BCUT2D eigenvalue weighted by Gasteiger charge is -2.29. The minimum Gasteiger partial charge on any atom is -0.283 e. The van der Waals surface area contributed by atoms with Crippen molar-refractivity contribution in [2.75, 3.05) is 21.8 Å². The molecule has 0 radical (unpaired) electrons. The predicted octanol–water partition coefficient (Wildman–Crippen LogP) is 2.99. The molecule has 9 heteroatoms. The van der Waals surface area contributed by atoms with Gasteiger partial charge in [0, 0.05) is 11.6 Å². The van der Waals surface area contributed by atoms with Gasteiger partial charge in [-0.3, -0.25) is 9.03 Å². The number of sulfonamides is 2. The molecular formula is C17H19ClN2O4S2. The fourth-order valence-electron chi connectivity index (χ4n) is 2.98. The van der Waals surface area contributed by atoms with Crippen LogP contribution in [0.5, 0.6) is 0 Å². The minimum atomic E-state index is -3.69. The summed E-state index contributed by atoms with van der Waals surface area (Å²) in [5.41, 5.74) is 2.23. The van der Waals surface area contributed by atoms with Crippen molar-refractivity contribution in [2.45, 2.75) is 18.6 Å². The van der Waals surface area contributed by atoms with Gasteiger partial charge in [-0.05, 0) is 42.2 Å². The molecule has 0 saturated carbocycles. The zero-order valence-electron chi connectivity index (χ0n) is 14.1. The lowest BCUT2D eigenvalue weighted by atomic mass is 10.0. The fourth-order valence-corrected chi connectivity index (χ4v) is 5.47. The molecule has 0 saturated heterocycles. The summed E-state index contributed by atoms with van der Waals surface area (Å²) in [5, 5.41) is 0.381. The quantitative estimate of drug-likeness (QED) is 0.815. The summed E-state index contributed by atoms with van der Waals surface area (Å²) in [7, 11) is -7.11. The van der Waals surface area contributed by atoms with Crippen LogP contribution in [-0.2, 0) is 32.2 Å². The Morgan fingerprint density at radius 1 is 1.12 bits per heavy atom. The molecular weight excluding hydrogens is 396 g/mol. The number of anilines is 2. The van der Waals surface area contributed by atoms with Crippen LogP contribution < -0.4 is 9.03 Å². The smallest absolute Gasteiger partial charge is 0.236 e. The number of hydrogen-bond acceptors (Lipinski definition) is 4. The average Bonchev–Trinajstić information content (AvgIpc) is 2.55. The largest absolute Gasteiger partial charge is 0.283 e. The van der Waals surface area contributed by atoms with Crippen molar-refractivity contribution in [3.63, 3.8) is 0 Å². The number of halogens is 1. The van der Waals surface area contributed by atoms with Crippen molar-refractivity contribution in [1.82, 2.24) is 0 Å². The first-order valence-corrected chi connectivity index (χ1v) is 11.9. The van der Waals surface area contributed by atoms with Crippen molar-refractivity contribution in [2.24, 2.45) is 0 Å². The van der Waals surface area contributed by atoms with Crippen LogP contribution in [0.2, 0.25) is 5.02 Å². The van der Waals surface area contributed by atoms with E-state index >= 15 is 0 Å². The van der Waals surface area contributed by atoms with Gasteiger partial charge < -0.3 is 0 Å². The van der Waals surface area contributed by atoms with Gasteiger partial charge in [0.25, 0.3) is 0 Å². The highest BCUT2D eigenvalue weighted by Gasteiger charge is 2.25. The Morgan fingerprint density at radius 3 is 2.54 bits per heavy atom. The van der Waals surface area contributed by atoms with E-state index < -0.39 is 20.0 Å². The normalized spacial score (nSPS) is 14.8. The van der Waals surface area contributed by atoms with E-state index in [0.29, 0.717) is 28.5 Å². The van der Waals surface area contributed by atoms with Crippen molar-refractivity contribution >= 4 is 43.0 Å². The number of nitrogens with zero attached hydrogens (tertiary/aromatic N) is 1. The first-order valence-electron chi connectivity index (χ1n) is 8.00. The molecule has 0 fully saturated rings. The molecule has 1 N–H and O–H groups in total. The third-order valence-electron chi connectivity index (χ3n) is 4.14. The SMILES string of the molecule is CS(=O)(=O)N1CCCc2ccc(NS(=O)(=O)Cc3ccccc3Cl)cc21. The first kappa shape index (κ1) is 19.0. The van der Waals surface area contributed by atoms with Crippen molar-refractivity contribution in [3.05, 3.63) is 58.6 Å². The summed E-state index contributed by atoms with van der Waals surface area (Å²) in [6, 6.07) is 11.7. The minimum absolute atomic E-state index is 0.264. The molecule has 0 atom stereocenters. The molecule has 1 aliphatic heterocycles. The monoisotopic (exact) mass is 414 g/mol. The molecule has 2 aromatic rings. The zero-order valence-corrected chi connectivity index (χ0v) is 16.5. The van der Waals surface area contributed by atoms with E-state index in [1.165, 1.54) is 4.31 Å². The van der Waals surface area contributed by atoms with Crippen molar-refractivity contribution < 1.29 is 16.8 Å². The molecule has 2 aromatic carbocycles. The molecule has 3 rings (SSSR count). The van der Waals surface area contributed by atoms with Gasteiger partial charge in [0.2, 0.25) is 20.0 Å². The van der Waals surface area contributed by atoms with Crippen LogP contribution in [0, 0.1) is 0 Å². The van der Waals surface area contributed by atoms with Crippen LogP contribution in [0.1, 0.15) is 17.5 Å². The predicted molar refractivity (Wildman–Crippen MR) is 105 cm³/mol. The van der Waals surface area contributed by atoms with Gasteiger partial charge in [0.05, 0.1) is 23.4 Å². The highest BCUT2D eigenvalue weighted by atomic mass is 35.5. The second-order valence-electron chi connectivity index (χ2n) is 6.23. The molecule has 0 bridgehead atoms. The Kier molecular flexibility index (Phi) is 5.18. The van der Waals surface area contributed by atoms with Gasteiger partial charge in [-0.1, -0.05) is 35.9 Å². The zero-order chi connectivity index (χ0) is 18.9. The standard InChI is InChI=1S/C17H19ClN2O4S2/c1-25(21,22)20-10-4-6-13-8-9-15(11-17(13)20)19-26(23,24)12-14-5-2-3-7-16(14)18/h2-3,5,7-9,11,19H,4,6,10,12H2,1H3. The Hall–Kier alpha value is -1.77. The van der Waals surface area contributed by atoms with Gasteiger partial charge in [0.1, 0.15) is 0 Å². The molecule has 1 heterocycles. The lowest BCUT2D eigenvalue weighted by Crippen LogP contribution is -2.34. The van der Waals surface area contributed by atoms with Gasteiger partial charge in [-0.2, -0.15) is 0 Å².